The number of carbonyl (C=O) groups is 1. The Morgan fingerprint density at radius 3 is 2.68 bits per heavy atom. The smallest absolute Gasteiger partial charge is 0.225 e. The fourth-order valence-electron chi connectivity index (χ4n) is 4.03. The Bertz CT molecular complexity index is 620. The van der Waals surface area contributed by atoms with Gasteiger partial charge in [0.15, 0.2) is 5.96 Å². The lowest BCUT2D eigenvalue weighted by Gasteiger charge is -2.34. The van der Waals surface area contributed by atoms with Crippen molar-refractivity contribution >= 4 is 35.0 Å². The quantitative estimate of drug-likeness (QED) is 0.546. The van der Waals surface area contributed by atoms with Crippen LogP contribution >= 0.6 is 23.1 Å². The molecule has 3 rings (SSSR count). The van der Waals surface area contributed by atoms with Crippen molar-refractivity contribution in [1.29, 1.82) is 0 Å². The number of hydrogen-bond acceptors (Lipinski definition) is 4. The van der Waals surface area contributed by atoms with E-state index in [0.717, 1.165) is 69.2 Å². The summed E-state index contributed by atoms with van der Waals surface area (Å²) >= 11 is 3.78. The minimum Gasteiger partial charge on any atom is -0.356 e. The van der Waals surface area contributed by atoms with Gasteiger partial charge in [0.05, 0.1) is 0 Å². The molecule has 1 unspecified atom stereocenters. The summed E-state index contributed by atoms with van der Waals surface area (Å²) in [7, 11) is 1.84. The number of carbonyl (C=O) groups excluding carboxylic acids is 1. The summed E-state index contributed by atoms with van der Waals surface area (Å²) in [4.78, 5) is 20.6. The van der Waals surface area contributed by atoms with Gasteiger partial charge in [-0.15, -0.1) is 11.3 Å². The second-order valence-corrected chi connectivity index (χ2v) is 10.2. The zero-order chi connectivity index (χ0) is 19.8. The van der Waals surface area contributed by atoms with Crippen LogP contribution in [0.3, 0.4) is 0 Å². The lowest BCUT2D eigenvalue weighted by Crippen LogP contribution is -2.48. The first-order valence-electron chi connectivity index (χ1n) is 10.5. The third kappa shape index (κ3) is 6.41. The van der Waals surface area contributed by atoms with E-state index in [0.29, 0.717) is 17.9 Å². The Morgan fingerprint density at radius 2 is 2.04 bits per heavy atom. The Balaban J connectivity index is 1.37. The maximum atomic E-state index is 12.7. The van der Waals surface area contributed by atoms with Crippen molar-refractivity contribution in [3.8, 4) is 0 Å². The van der Waals surface area contributed by atoms with E-state index in [1.54, 1.807) is 0 Å². The van der Waals surface area contributed by atoms with Gasteiger partial charge < -0.3 is 15.5 Å². The number of nitrogens with zero attached hydrogens (tertiary/aromatic N) is 2. The zero-order valence-corrected chi connectivity index (χ0v) is 18.8. The number of aliphatic imine (C=N–C) groups is 1. The number of rotatable bonds is 6. The molecule has 1 aromatic rings. The normalized spacial score (nSPS) is 24.6. The van der Waals surface area contributed by atoms with Crippen LogP contribution in [-0.4, -0.2) is 61.0 Å². The van der Waals surface area contributed by atoms with E-state index in [9.17, 15) is 4.79 Å². The summed E-state index contributed by atoms with van der Waals surface area (Å²) in [5.74, 6) is 4.25. The second kappa shape index (κ2) is 11.1. The molecule has 1 amide bonds. The monoisotopic (exact) mass is 422 g/mol. The molecule has 0 radical (unpaired) electrons. The second-order valence-electron chi connectivity index (χ2n) is 7.97. The van der Waals surface area contributed by atoms with Crippen LogP contribution in [0, 0.1) is 11.8 Å². The average molecular weight is 423 g/mol. The van der Waals surface area contributed by atoms with E-state index in [4.69, 9.17) is 0 Å². The molecule has 1 saturated heterocycles. The Morgan fingerprint density at radius 1 is 1.29 bits per heavy atom. The Labute approximate surface area is 177 Å². The molecule has 0 bridgehead atoms. The summed E-state index contributed by atoms with van der Waals surface area (Å²) < 4.78 is 0. The van der Waals surface area contributed by atoms with Gasteiger partial charge in [-0.25, -0.2) is 0 Å². The number of thiophene rings is 1. The van der Waals surface area contributed by atoms with Gasteiger partial charge in [0.1, 0.15) is 0 Å². The van der Waals surface area contributed by atoms with Gasteiger partial charge in [-0.3, -0.25) is 9.79 Å². The van der Waals surface area contributed by atoms with Crippen LogP contribution in [0.4, 0.5) is 0 Å². The molecular formula is C21H34N4OS2. The lowest BCUT2D eigenvalue weighted by atomic mass is 9.85. The first-order valence-corrected chi connectivity index (χ1v) is 12.5. The average Bonchev–Trinajstić information content (AvgIpc) is 3.24. The highest BCUT2D eigenvalue weighted by Gasteiger charge is 2.30. The molecule has 7 heteroatoms. The summed E-state index contributed by atoms with van der Waals surface area (Å²) in [6.07, 6.45) is 5.18. The molecule has 156 valence electrons. The number of amides is 1. The molecule has 2 fully saturated rings. The number of guanidine groups is 1. The summed E-state index contributed by atoms with van der Waals surface area (Å²) in [6, 6.07) is 4.74. The number of hydrogen-bond donors (Lipinski definition) is 2. The molecule has 1 aliphatic heterocycles. The van der Waals surface area contributed by atoms with Crippen LogP contribution in [0.25, 0.3) is 0 Å². The molecule has 28 heavy (non-hydrogen) atoms. The van der Waals surface area contributed by atoms with Crippen molar-refractivity contribution in [2.45, 2.75) is 45.1 Å². The van der Waals surface area contributed by atoms with Crippen molar-refractivity contribution in [2.24, 2.45) is 16.8 Å². The largest absolute Gasteiger partial charge is 0.356 e. The molecule has 1 aromatic heterocycles. The molecular weight excluding hydrogens is 388 g/mol. The minimum atomic E-state index is 0.224. The summed E-state index contributed by atoms with van der Waals surface area (Å²) in [6.45, 7) is 5.05. The molecule has 0 aromatic carbocycles. The third-order valence-electron chi connectivity index (χ3n) is 5.71. The highest BCUT2D eigenvalue weighted by Crippen LogP contribution is 2.27. The van der Waals surface area contributed by atoms with E-state index < -0.39 is 0 Å². The van der Waals surface area contributed by atoms with Crippen LogP contribution in [-0.2, 0) is 11.2 Å². The van der Waals surface area contributed by atoms with E-state index in [1.165, 1.54) is 4.88 Å². The van der Waals surface area contributed by atoms with Crippen LogP contribution in [0.5, 0.6) is 0 Å². The molecule has 2 heterocycles. The molecule has 1 saturated carbocycles. The molecule has 2 aliphatic rings. The Kier molecular flexibility index (Phi) is 8.52. The maximum Gasteiger partial charge on any atom is 0.225 e. The molecule has 1 atom stereocenters. The van der Waals surface area contributed by atoms with Crippen molar-refractivity contribution in [3.63, 3.8) is 0 Å². The maximum absolute atomic E-state index is 12.7. The SMILES string of the molecule is CN=C(NCC(C)Cc1cccs1)NC1CCC(C(=O)N2CCSCC2)CC1. The van der Waals surface area contributed by atoms with E-state index >= 15 is 0 Å². The van der Waals surface area contributed by atoms with Crippen molar-refractivity contribution in [3.05, 3.63) is 22.4 Å². The standard InChI is InChI=1S/C21H34N4OS2/c1-16(14-19-4-3-11-28-19)15-23-21(22-2)24-18-7-5-17(6-8-18)20(26)25-9-12-27-13-10-25/h3-4,11,16-18H,5-10,12-15H2,1-2H3,(H2,22,23,24). The molecule has 2 N–H and O–H groups in total. The highest BCUT2D eigenvalue weighted by atomic mass is 32.2. The van der Waals surface area contributed by atoms with Gasteiger partial charge in [0, 0.05) is 55.0 Å². The predicted octanol–water partition coefficient (Wildman–Crippen LogP) is 3.23. The molecule has 0 spiro atoms. The van der Waals surface area contributed by atoms with Gasteiger partial charge in [-0.05, 0) is 49.5 Å². The van der Waals surface area contributed by atoms with Crippen molar-refractivity contribution < 1.29 is 4.79 Å². The molecule has 1 aliphatic carbocycles. The van der Waals surface area contributed by atoms with Crippen LogP contribution in [0.15, 0.2) is 22.5 Å². The summed E-state index contributed by atoms with van der Waals surface area (Å²) in [5, 5.41) is 9.19. The van der Waals surface area contributed by atoms with Gasteiger partial charge in [-0.2, -0.15) is 11.8 Å². The first-order chi connectivity index (χ1) is 13.7. The summed E-state index contributed by atoms with van der Waals surface area (Å²) in [5.41, 5.74) is 0. The topological polar surface area (TPSA) is 56.7 Å². The van der Waals surface area contributed by atoms with Crippen molar-refractivity contribution in [2.75, 3.05) is 38.2 Å². The fourth-order valence-corrected chi connectivity index (χ4v) is 5.80. The lowest BCUT2D eigenvalue weighted by molar-refractivity contribution is -0.136. The molecule has 5 nitrogen and oxygen atoms in total. The highest BCUT2D eigenvalue weighted by molar-refractivity contribution is 7.99. The third-order valence-corrected chi connectivity index (χ3v) is 7.55. The Hall–Kier alpha value is -1.21. The zero-order valence-electron chi connectivity index (χ0n) is 17.2. The predicted molar refractivity (Wildman–Crippen MR) is 121 cm³/mol. The van der Waals surface area contributed by atoms with Gasteiger partial charge in [0.2, 0.25) is 5.91 Å². The van der Waals surface area contributed by atoms with Gasteiger partial charge in [0.25, 0.3) is 0 Å². The van der Waals surface area contributed by atoms with Crippen LogP contribution in [0.1, 0.15) is 37.5 Å². The van der Waals surface area contributed by atoms with E-state index in [-0.39, 0.29) is 5.92 Å². The van der Waals surface area contributed by atoms with Crippen LogP contribution in [0.2, 0.25) is 0 Å². The van der Waals surface area contributed by atoms with Gasteiger partial charge in [-0.1, -0.05) is 13.0 Å². The number of thioether (sulfide) groups is 1. The fraction of sp³-hybridized carbons (Fsp3) is 0.714. The minimum absolute atomic E-state index is 0.224. The van der Waals surface area contributed by atoms with E-state index in [1.807, 2.05) is 30.1 Å². The first kappa shape index (κ1) is 21.5. The van der Waals surface area contributed by atoms with E-state index in [2.05, 4.69) is 45.0 Å². The van der Waals surface area contributed by atoms with Gasteiger partial charge >= 0.3 is 0 Å². The van der Waals surface area contributed by atoms with Crippen LogP contribution < -0.4 is 10.6 Å². The van der Waals surface area contributed by atoms with Crippen molar-refractivity contribution in [1.82, 2.24) is 15.5 Å². The number of nitrogens with one attached hydrogen (secondary N) is 2.